The Labute approximate surface area is 567 Å². The monoisotopic (exact) mass is 1360 g/mol. The number of phosphoric acid groups is 2. The van der Waals surface area contributed by atoms with E-state index in [4.69, 9.17) is 37.0 Å². The molecule has 0 saturated heterocycles. The summed E-state index contributed by atoms with van der Waals surface area (Å²) >= 11 is 0. The van der Waals surface area contributed by atoms with Crippen LogP contribution < -0.4 is 0 Å². The fourth-order valence-electron chi connectivity index (χ4n) is 10.6. The number of allylic oxidation sites excluding steroid dienone is 4. The summed E-state index contributed by atoms with van der Waals surface area (Å²) in [5.74, 6) is 0.184. The van der Waals surface area contributed by atoms with Crippen LogP contribution in [0.15, 0.2) is 24.3 Å². The Morgan fingerprint density at radius 3 is 0.903 bits per heavy atom. The van der Waals surface area contributed by atoms with Gasteiger partial charge in [-0.3, -0.25) is 37.3 Å². The van der Waals surface area contributed by atoms with Gasteiger partial charge >= 0.3 is 39.5 Å². The molecule has 0 aromatic heterocycles. The highest BCUT2D eigenvalue weighted by atomic mass is 31.2. The molecule has 0 bridgehead atoms. The number of aliphatic hydroxyl groups excluding tert-OH is 1. The van der Waals surface area contributed by atoms with Gasteiger partial charge in [-0.15, -0.1) is 0 Å². The number of rotatable bonds is 70. The van der Waals surface area contributed by atoms with Crippen molar-refractivity contribution in [3.05, 3.63) is 24.3 Å². The fourth-order valence-corrected chi connectivity index (χ4v) is 12.2. The van der Waals surface area contributed by atoms with Gasteiger partial charge in [0.2, 0.25) is 0 Å². The largest absolute Gasteiger partial charge is 0.472 e. The van der Waals surface area contributed by atoms with Gasteiger partial charge in [0.1, 0.15) is 19.3 Å². The van der Waals surface area contributed by atoms with E-state index in [9.17, 15) is 43.2 Å². The normalized spacial score (nSPS) is 15.2. The molecule has 19 heteroatoms. The molecule has 0 aliphatic heterocycles. The van der Waals surface area contributed by atoms with Crippen LogP contribution in [0.3, 0.4) is 0 Å². The van der Waals surface area contributed by atoms with Crippen molar-refractivity contribution in [2.75, 3.05) is 39.6 Å². The SMILES string of the molecule is CCCCCC/C=C\C=C/CCCCCCCC(=O)O[C@H](COC(=O)CCCCCCCCC(C)CC)COP(=O)(O)OC[C@H](O)COP(=O)(O)OC[C@@H](COC(=O)CCCCCCCCCCCCC(C)CC)OC(=O)CCCCCCCCCCCCC(C)CC. The van der Waals surface area contributed by atoms with Crippen LogP contribution >= 0.6 is 15.6 Å². The topological polar surface area (TPSA) is 237 Å². The van der Waals surface area contributed by atoms with E-state index < -0.39 is 97.5 Å². The average molecular weight is 1360 g/mol. The Bertz CT molecular complexity index is 1920. The van der Waals surface area contributed by atoms with Crippen LogP contribution in [0.25, 0.3) is 0 Å². The molecule has 17 nitrogen and oxygen atoms in total. The highest BCUT2D eigenvalue weighted by Crippen LogP contribution is 2.45. The van der Waals surface area contributed by atoms with Crippen molar-refractivity contribution in [2.45, 2.75) is 369 Å². The summed E-state index contributed by atoms with van der Waals surface area (Å²) in [6.07, 6.45) is 52.0. The molecule has 0 aliphatic carbocycles. The quantitative estimate of drug-likeness (QED) is 0.0169. The fraction of sp³-hybridized carbons (Fsp3) is 0.892. The Balaban J connectivity index is 5.31. The van der Waals surface area contributed by atoms with Crippen LogP contribution in [0.2, 0.25) is 0 Å². The summed E-state index contributed by atoms with van der Waals surface area (Å²) in [6.45, 7) is 11.8. The molecular weight excluding hydrogens is 1220 g/mol. The highest BCUT2D eigenvalue weighted by Gasteiger charge is 2.30. The van der Waals surface area contributed by atoms with Crippen LogP contribution in [0, 0.1) is 17.8 Å². The van der Waals surface area contributed by atoms with Gasteiger partial charge in [-0.2, -0.15) is 0 Å². The summed E-state index contributed by atoms with van der Waals surface area (Å²) in [6, 6.07) is 0. The maximum Gasteiger partial charge on any atom is 0.472 e. The molecule has 0 aromatic carbocycles. The molecule has 0 saturated carbocycles. The van der Waals surface area contributed by atoms with E-state index in [2.05, 4.69) is 72.8 Å². The lowest BCUT2D eigenvalue weighted by Gasteiger charge is -2.21. The molecule has 0 radical (unpaired) electrons. The van der Waals surface area contributed by atoms with Gasteiger partial charge < -0.3 is 33.8 Å². The maximum atomic E-state index is 13.1. The van der Waals surface area contributed by atoms with Crippen molar-refractivity contribution in [3.63, 3.8) is 0 Å². The van der Waals surface area contributed by atoms with Crippen LogP contribution in [0.4, 0.5) is 0 Å². The maximum absolute atomic E-state index is 13.1. The molecule has 0 fully saturated rings. The number of unbranched alkanes of at least 4 members (excludes halogenated alkanes) is 32. The molecule has 0 aliphatic rings. The number of hydrogen-bond donors (Lipinski definition) is 3. The van der Waals surface area contributed by atoms with Crippen LogP contribution in [0.5, 0.6) is 0 Å². The van der Waals surface area contributed by atoms with Gasteiger partial charge in [0.05, 0.1) is 26.4 Å². The summed E-state index contributed by atoms with van der Waals surface area (Å²) in [4.78, 5) is 72.7. The summed E-state index contributed by atoms with van der Waals surface area (Å²) < 4.78 is 68.4. The Hall–Kier alpha value is -2.46. The van der Waals surface area contributed by atoms with Crippen molar-refractivity contribution in [2.24, 2.45) is 17.8 Å². The zero-order chi connectivity index (χ0) is 68.7. The predicted octanol–water partition coefficient (Wildman–Crippen LogP) is 21.0. The molecule has 548 valence electrons. The van der Waals surface area contributed by atoms with Crippen molar-refractivity contribution < 1.29 is 80.2 Å². The van der Waals surface area contributed by atoms with Crippen molar-refractivity contribution in [1.82, 2.24) is 0 Å². The van der Waals surface area contributed by atoms with E-state index in [1.807, 2.05) is 0 Å². The second-order valence-electron chi connectivity index (χ2n) is 26.7. The number of esters is 4. The van der Waals surface area contributed by atoms with E-state index in [1.165, 1.54) is 141 Å². The third-order valence-corrected chi connectivity index (χ3v) is 19.5. The molecule has 93 heavy (non-hydrogen) atoms. The lowest BCUT2D eigenvalue weighted by Crippen LogP contribution is -2.30. The van der Waals surface area contributed by atoms with Gasteiger partial charge in [0, 0.05) is 25.7 Å². The lowest BCUT2D eigenvalue weighted by atomic mass is 9.99. The van der Waals surface area contributed by atoms with E-state index in [0.717, 1.165) is 127 Å². The minimum absolute atomic E-state index is 0.0837. The van der Waals surface area contributed by atoms with E-state index >= 15 is 0 Å². The van der Waals surface area contributed by atoms with Gasteiger partial charge in [0.25, 0.3) is 0 Å². The van der Waals surface area contributed by atoms with Crippen molar-refractivity contribution in [3.8, 4) is 0 Å². The zero-order valence-corrected chi connectivity index (χ0v) is 62.0. The molecule has 5 unspecified atom stereocenters. The molecule has 8 atom stereocenters. The Morgan fingerprint density at radius 1 is 0.344 bits per heavy atom. The smallest absolute Gasteiger partial charge is 0.462 e. The molecular formula is C74H140O17P2. The first-order valence-corrected chi connectivity index (χ1v) is 40.8. The number of carbonyl (C=O) groups is 4. The summed E-state index contributed by atoms with van der Waals surface area (Å²) in [7, 11) is -9.92. The minimum atomic E-state index is -4.96. The van der Waals surface area contributed by atoms with E-state index in [1.54, 1.807) is 0 Å². The number of ether oxygens (including phenoxy) is 4. The van der Waals surface area contributed by atoms with E-state index in [0.29, 0.717) is 25.7 Å². The Kier molecular flexibility index (Phi) is 62.5. The van der Waals surface area contributed by atoms with Gasteiger partial charge in [-0.25, -0.2) is 9.13 Å². The van der Waals surface area contributed by atoms with Crippen molar-refractivity contribution >= 4 is 39.5 Å². The summed E-state index contributed by atoms with van der Waals surface area (Å²) in [5, 5.41) is 10.6. The first-order valence-electron chi connectivity index (χ1n) is 37.8. The van der Waals surface area contributed by atoms with Crippen LogP contribution in [-0.4, -0.2) is 96.7 Å². The second kappa shape index (κ2) is 64.2. The number of aliphatic hydroxyl groups is 1. The number of phosphoric ester groups is 2. The first kappa shape index (κ1) is 90.5. The standard InChI is InChI=1S/C74H140O17P2/c1-8-12-13-14-15-16-17-18-19-20-21-29-34-43-50-57-73(78)91-70(62-85-72(77)56-49-42-37-36-40-47-54-67(7)11-4)64-89-93(82,83)87-60-68(75)59-86-92(80,81)88-63-69(90-74(79)58-51-44-35-30-25-23-27-32-39-46-53-66(6)10-3)61-84-71(76)55-48-41-33-28-24-22-26-31-38-45-52-65(5)9-2/h16-19,65-70,75H,8-15,20-64H2,1-7H3,(H,80,81)(H,82,83)/b17-16-,19-18-/t65?,66?,67?,68-,69-,70-/m1/s1. The molecule has 0 aromatic rings. The molecule has 0 rings (SSSR count). The number of carbonyl (C=O) groups excluding carboxylic acids is 4. The minimum Gasteiger partial charge on any atom is -0.462 e. The van der Waals surface area contributed by atoms with Gasteiger partial charge in [-0.1, -0.05) is 297 Å². The lowest BCUT2D eigenvalue weighted by molar-refractivity contribution is -0.161. The molecule has 0 spiro atoms. The van der Waals surface area contributed by atoms with Crippen LogP contribution in [-0.2, 0) is 65.4 Å². The van der Waals surface area contributed by atoms with Gasteiger partial charge in [0.15, 0.2) is 12.2 Å². The van der Waals surface area contributed by atoms with Crippen LogP contribution in [0.1, 0.15) is 350 Å². The Morgan fingerprint density at radius 2 is 0.602 bits per heavy atom. The number of hydrogen-bond acceptors (Lipinski definition) is 15. The average Bonchev–Trinajstić information content (AvgIpc) is 2.41. The molecule has 3 N–H and O–H groups in total. The van der Waals surface area contributed by atoms with Gasteiger partial charge in [-0.05, 0) is 69.1 Å². The summed E-state index contributed by atoms with van der Waals surface area (Å²) in [5.41, 5.74) is 0. The first-order chi connectivity index (χ1) is 44.8. The predicted molar refractivity (Wildman–Crippen MR) is 377 cm³/mol. The third kappa shape index (κ3) is 64.0. The molecule has 0 heterocycles. The highest BCUT2D eigenvalue weighted by molar-refractivity contribution is 7.47. The third-order valence-electron chi connectivity index (χ3n) is 17.6. The zero-order valence-electron chi connectivity index (χ0n) is 60.2. The van der Waals surface area contributed by atoms with E-state index in [-0.39, 0.29) is 25.7 Å². The van der Waals surface area contributed by atoms with Crippen molar-refractivity contribution in [1.29, 1.82) is 0 Å². The molecule has 0 amide bonds. The second-order valence-corrected chi connectivity index (χ2v) is 29.6.